The molecule has 2 aromatic rings. The number of likely N-dealkylation sites (tertiary alicyclic amines) is 1. The summed E-state index contributed by atoms with van der Waals surface area (Å²) in [5.41, 5.74) is 1.11. The van der Waals surface area contributed by atoms with Gasteiger partial charge >= 0.3 is 6.03 Å². The van der Waals surface area contributed by atoms with E-state index in [0.29, 0.717) is 6.54 Å². The van der Waals surface area contributed by atoms with Gasteiger partial charge in [-0.1, -0.05) is 42.5 Å². The lowest BCUT2D eigenvalue weighted by molar-refractivity contribution is 0.157. The average Bonchev–Trinajstić information content (AvgIpc) is 3.01. The summed E-state index contributed by atoms with van der Waals surface area (Å²) in [5.74, 6) is 0. The highest BCUT2D eigenvalue weighted by atomic mass is 16.3. The monoisotopic (exact) mass is 284 g/mol. The Labute approximate surface area is 124 Å². The smallest absolute Gasteiger partial charge is 0.317 e. The van der Waals surface area contributed by atoms with Crippen LogP contribution in [0, 0.1) is 0 Å². The maximum absolute atomic E-state index is 12.2. The molecule has 4 heteroatoms. The molecule has 110 valence electrons. The average molecular weight is 284 g/mol. The fourth-order valence-corrected chi connectivity index (χ4v) is 3.01. The van der Waals surface area contributed by atoms with Gasteiger partial charge in [0.15, 0.2) is 0 Å². The standard InChI is InChI=1S/C17H20N2O2/c20-12-15-8-4-10-19(15)17(21)18-11-14-7-3-6-13-5-1-2-9-16(13)14/h1-3,5-7,9,15,20H,4,8,10-12H2,(H,18,21). The molecular formula is C17H20N2O2. The van der Waals surface area contributed by atoms with Gasteiger partial charge in [-0.3, -0.25) is 0 Å². The Morgan fingerprint density at radius 1 is 1.24 bits per heavy atom. The van der Waals surface area contributed by atoms with Gasteiger partial charge in [0.1, 0.15) is 0 Å². The van der Waals surface area contributed by atoms with Crippen LogP contribution in [0.15, 0.2) is 42.5 Å². The van der Waals surface area contributed by atoms with Crippen LogP contribution >= 0.6 is 0 Å². The van der Waals surface area contributed by atoms with Crippen LogP contribution in [0.4, 0.5) is 4.79 Å². The van der Waals surface area contributed by atoms with Crippen molar-refractivity contribution in [1.29, 1.82) is 0 Å². The van der Waals surface area contributed by atoms with Crippen LogP contribution in [0.25, 0.3) is 10.8 Å². The molecule has 1 unspecified atom stereocenters. The van der Waals surface area contributed by atoms with Gasteiger partial charge in [0.2, 0.25) is 0 Å². The molecule has 21 heavy (non-hydrogen) atoms. The summed E-state index contributed by atoms with van der Waals surface area (Å²) in [4.78, 5) is 14.0. The number of urea groups is 1. The number of nitrogens with one attached hydrogen (secondary N) is 1. The molecule has 3 rings (SSSR count). The summed E-state index contributed by atoms with van der Waals surface area (Å²) in [6.07, 6.45) is 1.85. The number of hydrogen-bond acceptors (Lipinski definition) is 2. The van der Waals surface area contributed by atoms with E-state index in [9.17, 15) is 9.90 Å². The van der Waals surface area contributed by atoms with Gasteiger partial charge < -0.3 is 15.3 Å². The minimum absolute atomic E-state index is 0.0301. The summed E-state index contributed by atoms with van der Waals surface area (Å²) >= 11 is 0. The lowest BCUT2D eigenvalue weighted by atomic mass is 10.0. The van der Waals surface area contributed by atoms with E-state index in [1.165, 1.54) is 10.8 Å². The van der Waals surface area contributed by atoms with Gasteiger partial charge in [0.25, 0.3) is 0 Å². The Bertz CT molecular complexity index is 636. The number of nitrogens with zero attached hydrogens (tertiary/aromatic N) is 1. The zero-order valence-corrected chi connectivity index (χ0v) is 12.0. The molecule has 4 nitrogen and oxygen atoms in total. The van der Waals surface area contributed by atoms with Crippen molar-refractivity contribution in [3.8, 4) is 0 Å². The summed E-state index contributed by atoms with van der Waals surface area (Å²) in [6, 6.07) is 14.2. The fourth-order valence-electron chi connectivity index (χ4n) is 3.01. The largest absolute Gasteiger partial charge is 0.394 e. The third kappa shape index (κ3) is 2.85. The predicted molar refractivity (Wildman–Crippen MR) is 83.0 cm³/mol. The summed E-state index contributed by atoms with van der Waals surface area (Å²) < 4.78 is 0. The van der Waals surface area contributed by atoms with Crippen LogP contribution in [0.2, 0.25) is 0 Å². The van der Waals surface area contributed by atoms with Gasteiger partial charge in [0, 0.05) is 13.1 Å². The van der Waals surface area contributed by atoms with E-state index in [1.807, 2.05) is 24.3 Å². The number of benzene rings is 2. The van der Waals surface area contributed by atoms with Crippen LogP contribution in [0.1, 0.15) is 18.4 Å². The number of aliphatic hydroxyl groups is 1. The number of rotatable bonds is 3. The first kappa shape index (κ1) is 13.9. The van der Waals surface area contributed by atoms with Crippen molar-refractivity contribution in [3.63, 3.8) is 0 Å². The van der Waals surface area contributed by atoms with Crippen LogP contribution in [-0.4, -0.2) is 35.2 Å². The van der Waals surface area contributed by atoms with Crippen molar-refractivity contribution in [2.45, 2.75) is 25.4 Å². The quantitative estimate of drug-likeness (QED) is 0.910. The van der Waals surface area contributed by atoms with Crippen molar-refractivity contribution < 1.29 is 9.90 Å². The molecule has 0 saturated carbocycles. The summed E-state index contributed by atoms with van der Waals surface area (Å²) in [6.45, 7) is 1.28. The molecule has 1 atom stereocenters. The third-order valence-corrected chi connectivity index (χ3v) is 4.16. The van der Waals surface area contributed by atoms with Crippen molar-refractivity contribution in [1.82, 2.24) is 10.2 Å². The normalized spacial score (nSPS) is 18.1. The summed E-state index contributed by atoms with van der Waals surface area (Å²) in [5, 5.41) is 14.6. The van der Waals surface area contributed by atoms with E-state index in [2.05, 4.69) is 23.5 Å². The van der Waals surface area contributed by atoms with Crippen molar-refractivity contribution in [3.05, 3.63) is 48.0 Å². The molecule has 0 spiro atoms. The molecule has 1 saturated heterocycles. The first-order valence-electron chi connectivity index (χ1n) is 7.41. The van der Waals surface area contributed by atoms with Crippen LogP contribution in [0.5, 0.6) is 0 Å². The second-order valence-electron chi connectivity index (χ2n) is 5.47. The van der Waals surface area contributed by atoms with Crippen molar-refractivity contribution in [2.24, 2.45) is 0 Å². The number of aliphatic hydroxyl groups excluding tert-OH is 1. The lowest BCUT2D eigenvalue weighted by Crippen LogP contribution is -2.43. The van der Waals surface area contributed by atoms with Gasteiger partial charge in [-0.15, -0.1) is 0 Å². The molecule has 0 aromatic heterocycles. The molecule has 2 aromatic carbocycles. The zero-order valence-electron chi connectivity index (χ0n) is 12.0. The number of amides is 2. The number of carbonyl (C=O) groups is 1. The molecular weight excluding hydrogens is 264 g/mol. The highest BCUT2D eigenvalue weighted by Gasteiger charge is 2.27. The molecule has 0 bridgehead atoms. The van der Waals surface area contributed by atoms with Crippen LogP contribution in [0.3, 0.4) is 0 Å². The zero-order chi connectivity index (χ0) is 14.7. The number of fused-ring (bicyclic) bond motifs is 1. The molecule has 1 aliphatic rings. The van der Waals surface area contributed by atoms with Crippen LogP contribution in [-0.2, 0) is 6.54 Å². The first-order chi connectivity index (χ1) is 10.3. The minimum Gasteiger partial charge on any atom is -0.394 e. The van der Waals surface area contributed by atoms with Gasteiger partial charge in [-0.05, 0) is 29.2 Å². The molecule has 1 heterocycles. The minimum atomic E-state index is -0.0838. The van der Waals surface area contributed by atoms with Crippen molar-refractivity contribution >= 4 is 16.8 Å². The van der Waals surface area contributed by atoms with Gasteiger partial charge in [-0.25, -0.2) is 4.79 Å². The number of carbonyl (C=O) groups excluding carboxylic acids is 1. The van der Waals surface area contributed by atoms with Crippen molar-refractivity contribution in [2.75, 3.05) is 13.2 Å². The lowest BCUT2D eigenvalue weighted by Gasteiger charge is -2.23. The SMILES string of the molecule is O=C(NCc1cccc2ccccc12)N1CCCC1CO. The van der Waals surface area contributed by atoms with E-state index in [1.54, 1.807) is 4.90 Å². The highest BCUT2D eigenvalue weighted by Crippen LogP contribution is 2.19. The van der Waals surface area contributed by atoms with Gasteiger partial charge in [0.05, 0.1) is 12.6 Å². The molecule has 1 fully saturated rings. The second kappa shape index (κ2) is 6.14. The Hall–Kier alpha value is -2.07. The third-order valence-electron chi connectivity index (χ3n) is 4.16. The van der Waals surface area contributed by atoms with E-state index in [0.717, 1.165) is 24.9 Å². The summed E-state index contributed by atoms with van der Waals surface area (Å²) in [7, 11) is 0. The topological polar surface area (TPSA) is 52.6 Å². The Morgan fingerprint density at radius 2 is 2.05 bits per heavy atom. The van der Waals surface area contributed by atoms with E-state index < -0.39 is 0 Å². The molecule has 0 aliphatic carbocycles. The Morgan fingerprint density at radius 3 is 2.90 bits per heavy atom. The molecule has 2 N–H and O–H groups in total. The fraction of sp³-hybridized carbons (Fsp3) is 0.353. The number of hydrogen-bond donors (Lipinski definition) is 2. The van der Waals surface area contributed by atoms with E-state index in [4.69, 9.17) is 0 Å². The maximum Gasteiger partial charge on any atom is 0.317 e. The Balaban J connectivity index is 1.70. The predicted octanol–water partition coefficient (Wildman–Crippen LogP) is 2.51. The second-order valence-corrected chi connectivity index (χ2v) is 5.47. The highest BCUT2D eigenvalue weighted by molar-refractivity contribution is 5.86. The van der Waals surface area contributed by atoms with E-state index in [-0.39, 0.29) is 18.7 Å². The molecule has 0 radical (unpaired) electrons. The van der Waals surface area contributed by atoms with Gasteiger partial charge in [-0.2, -0.15) is 0 Å². The first-order valence-corrected chi connectivity index (χ1v) is 7.41. The van der Waals surface area contributed by atoms with Crippen LogP contribution < -0.4 is 5.32 Å². The van der Waals surface area contributed by atoms with E-state index >= 15 is 0 Å². The molecule has 1 aliphatic heterocycles. The molecule has 2 amide bonds. The Kier molecular flexibility index (Phi) is 4.06. The maximum atomic E-state index is 12.2.